The molecule has 2 amide bonds. The van der Waals surface area contributed by atoms with Gasteiger partial charge in [0, 0.05) is 31.7 Å². The second-order valence-electron chi connectivity index (χ2n) is 6.55. The quantitative estimate of drug-likeness (QED) is 0.749. The first kappa shape index (κ1) is 19.9. The summed E-state index contributed by atoms with van der Waals surface area (Å²) in [6, 6.07) is 9.93. The van der Waals surface area contributed by atoms with Gasteiger partial charge in [-0.1, -0.05) is 18.2 Å². The van der Waals surface area contributed by atoms with E-state index in [0.29, 0.717) is 31.7 Å². The second kappa shape index (κ2) is 8.00. The van der Waals surface area contributed by atoms with Gasteiger partial charge in [-0.25, -0.2) is 4.39 Å². The van der Waals surface area contributed by atoms with E-state index < -0.39 is 17.6 Å². The van der Waals surface area contributed by atoms with Gasteiger partial charge >= 0.3 is 6.18 Å². The van der Waals surface area contributed by atoms with Crippen molar-refractivity contribution in [2.75, 3.05) is 26.2 Å². The minimum absolute atomic E-state index is 0.00399. The summed E-state index contributed by atoms with van der Waals surface area (Å²) in [4.78, 5) is 27.9. The highest BCUT2D eigenvalue weighted by atomic mass is 19.4. The maximum absolute atomic E-state index is 13.3. The molecule has 0 N–H and O–H groups in total. The number of nitrogens with zero attached hydrogens (tertiary/aromatic N) is 2. The van der Waals surface area contributed by atoms with Crippen molar-refractivity contribution in [1.29, 1.82) is 0 Å². The lowest BCUT2D eigenvalue weighted by molar-refractivity contribution is -0.137. The van der Waals surface area contributed by atoms with Gasteiger partial charge in [0.2, 0.25) is 5.91 Å². The summed E-state index contributed by atoms with van der Waals surface area (Å²) in [5.74, 6) is -0.997. The zero-order valence-corrected chi connectivity index (χ0v) is 14.9. The predicted octanol–water partition coefficient (Wildman–Crippen LogP) is 3.37. The Morgan fingerprint density at radius 2 is 1.50 bits per heavy atom. The van der Waals surface area contributed by atoms with Crippen LogP contribution in [0.4, 0.5) is 17.6 Å². The number of carbonyl (C=O) groups is 2. The number of halogens is 4. The Hall–Kier alpha value is -2.90. The van der Waals surface area contributed by atoms with Gasteiger partial charge in [-0.3, -0.25) is 9.59 Å². The fraction of sp³-hybridized carbons (Fsp3) is 0.300. The van der Waals surface area contributed by atoms with E-state index in [-0.39, 0.29) is 23.8 Å². The van der Waals surface area contributed by atoms with Crippen LogP contribution in [0.1, 0.15) is 21.5 Å². The molecule has 1 fully saturated rings. The topological polar surface area (TPSA) is 40.6 Å². The summed E-state index contributed by atoms with van der Waals surface area (Å²) >= 11 is 0. The molecule has 3 rings (SSSR count). The monoisotopic (exact) mass is 394 g/mol. The van der Waals surface area contributed by atoms with Gasteiger partial charge in [-0.05, 0) is 35.9 Å². The predicted molar refractivity (Wildman–Crippen MR) is 94.0 cm³/mol. The Morgan fingerprint density at radius 3 is 2.07 bits per heavy atom. The van der Waals surface area contributed by atoms with E-state index in [1.807, 2.05) is 0 Å². The maximum Gasteiger partial charge on any atom is 0.416 e. The van der Waals surface area contributed by atoms with Crippen molar-refractivity contribution in [3.8, 4) is 0 Å². The van der Waals surface area contributed by atoms with Crippen molar-refractivity contribution < 1.29 is 27.2 Å². The van der Waals surface area contributed by atoms with Crippen molar-refractivity contribution in [2.24, 2.45) is 0 Å². The molecule has 0 spiro atoms. The lowest BCUT2D eigenvalue weighted by atomic mass is 10.1. The molecule has 2 aromatic carbocycles. The number of piperazine rings is 1. The summed E-state index contributed by atoms with van der Waals surface area (Å²) in [5, 5.41) is 0. The lowest BCUT2D eigenvalue weighted by Gasteiger charge is -2.35. The molecule has 1 heterocycles. The molecule has 2 aromatic rings. The van der Waals surface area contributed by atoms with Gasteiger partial charge in [0.15, 0.2) is 0 Å². The number of rotatable bonds is 3. The van der Waals surface area contributed by atoms with Gasteiger partial charge in [0.1, 0.15) is 5.82 Å². The summed E-state index contributed by atoms with van der Waals surface area (Å²) in [7, 11) is 0. The van der Waals surface area contributed by atoms with Crippen molar-refractivity contribution in [3.05, 3.63) is 71.0 Å². The van der Waals surface area contributed by atoms with E-state index in [1.54, 1.807) is 9.80 Å². The molecule has 1 aliphatic heterocycles. The Labute approximate surface area is 159 Å². The zero-order valence-electron chi connectivity index (χ0n) is 14.9. The molecule has 1 aliphatic rings. The van der Waals surface area contributed by atoms with Gasteiger partial charge in [0.25, 0.3) is 5.91 Å². The summed E-state index contributed by atoms with van der Waals surface area (Å²) in [6.07, 6.45) is -4.41. The van der Waals surface area contributed by atoms with Crippen LogP contribution in [0.15, 0.2) is 48.5 Å². The van der Waals surface area contributed by atoms with Crippen molar-refractivity contribution in [2.45, 2.75) is 12.6 Å². The largest absolute Gasteiger partial charge is 0.416 e. The summed E-state index contributed by atoms with van der Waals surface area (Å²) in [6.45, 7) is 1.27. The van der Waals surface area contributed by atoms with Gasteiger partial charge in [-0.2, -0.15) is 13.2 Å². The van der Waals surface area contributed by atoms with E-state index in [0.717, 1.165) is 12.1 Å². The summed E-state index contributed by atoms with van der Waals surface area (Å²) in [5.41, 5.74) is -0.00558. The van der Waals surface area contributed by atoms with Crippen LogP contribution >= 0.6 is 0 Å². The van der Waals surface area contributed by atoms with Crippen LogP contribution < -0.4 is 0 Å². The molecular formula is C20H18F4N2O2. The smallest absolute Gasteiger partial charge is 0.339 e. The first-order valence-electron chi connectivity index (χ1n) is 8.73. The Bertz CT molecular complexity index is 857. The molecule has 148 valence electrons. The molecule has 0 saturated carbocycles. The fourth-order valence-electron chi connectivity index (χ4n) is 3.06. The van der Waals surface area contributed by atoms with Crippen LogP contribution in [0.2, 0.25) is 0 Å². The highest BCUT2D eigenvalue weighted by Gasteiger charge is 2.30. The molecule has 4 nitrogen and oxygen atoms in total. The third-order valence-corrected chi connectivity index (χ3v) is 4.63. The molecule has 0 atom stereocenters. The minimum atomic E-state index is -4.41. The summed E-state index contributed by atoms with van der Waals surface area (Å²) < 4.78 is 51.0. The number of carbonyl (C=O) groups excluding carboxylic acids is 2. The highest BCUT2D eigenvalue weighted by molar-refractivity contribution is 5.94. The van der Waals surface area contributed by atoms with Gasteiger partial charge in [-0.15, -0.1) is 0 Å². The number of amides is 2. The van der Waals surface area contributed by atoms with E-state index in [2.05, 4.69) is 0 Å². The lowest BCUT2D eigenvalue weighted by Crippen LogP contribution is -2.51. The normalized spacial score (nSPS) is 14.9. The SMILES string of the molecule is O=C(Cc1ccc(C(F)(F)F)cc1)N1CCN(C(=O)c2cccc(F)c2)CC1. The molecule has 28 heavy (non-hydrogen) atoms. The molecule has 0 aliphatic carbocycles. The van der Waals surface area contributed by atoms with Crippen LogP contribution in [0.5, 0.6) is 0 Å². The number of hydrogen-bond donors (Lipinski definition) is 0. The number of benzene rings is 2. The molecule has 0 radical (unpaired) electrons. The molecular weight excluding hydrogens is 376 g/mol. The first-order chi connectivity index (χ1) is 13.2. The molecule has 0 unspecified atom stereocenters. The minimum Gasteiger partial charge on any atom is -0.339 e. The average Bonchev–Trinajstić information content (AvgIpc) is 2.67. The van der Waals surface area contributed by atoms with Crippen LogP contribution in [-0.4, -0.2) is 47.8 Å². The van der Waals surface area contributed by atoms with Crippen molar-refractivity contribution in [3.63, 3.8) is 0 Å². The Kier molecular flexibility index (Phi) is 5.67. The number of alkyl halides is 3. The third-order valence-electron chi connectivity index (χ3n) is 4.63. The maximum atomic E-state index is 13.3. The van der Waals surface area contributed by atoms with Crippen molar-refractivity contribution in [1.82, 2.24) is 9.80 Å². The van der Waals surface area contributed by atoms with E-state index in [1.165, 1.54) is 36.4 Å². The van der Waals surface area contributed by atoms with Gasteiger partial charge in [0.05, 0.1) is 12.0 Å². The van der Waals surface area contributed by atoms with E-state index in [9.17, 15) is 27.2 Å². The van der Waals surface area contributed by atoms with E-state index in [4.69, 9.17) is 0 Å². The third kappa shape index (κ3) is 4.68. The Balaban J connectivity index is 1.54. The van der Waals surface area contributed by atoms with Crippen molar-refractivity contribution >= 4 is 11.8 Å². The molecule has 8 heteroatoms. The molecule has 0 bridgehead atoms. The van der Waals surface area contributed by atoms with Crippen LogP contribution in [0, 0.1) is 5.82 Å². The second-order valence-corrected chi connectivity index (χ2v) is 6.55. The standard InChI is InChI=1S/C20H18F4N2O2/c21-17-3-1-2-15(13-17)19(28)26-10-8-25(9-11-26)18(27)12-14-4-6-16(7-5-14)20(22,23)24/h1-7,13H,8-12H2. The molecule has 1 saturated heterocycles. The van der Waals surface area contributed by atoms with Crippen LogP contribution in [-0.2, 0) is 17.4 Å². The molecule has 0 aromatic heterocycles. The van der Waals surface area contributed by atoms with E-state index >= 15 is 0 Å². The fourth-order valence-corrected chi connectivity index (χ4v) is 3.06. The van der Waals surface area contributed by atoms with Gasteiger partial charge < -0.3 is 9.80 Å². The van der Waals surface area contributed by atoms with Crippen LogP contribution in [0.25, 0.3) is 0 Å². The number of hydrogen-bond acceptors (Lipinski definition) is 2. The first-order valence-corrected chi connectivity index (χ1v) is 8.73. The average molecular weight is 394 g/mol. The Morgan fingerprint density at radius 1 is 0.893 bits per heavy atom. The highest BCUT2D eigenvalue weighted by Crippen LogP contribution is 2.29. The van der Waals surface area contributed by atoms with Crippen LogP contribution in [0.3, 0.4) is 0 Å². The zero-order chi connectivity index (χ0) is 20.3.